The second kappa shape index (κ2) is 7.80. The number of sulfonamides is 1. The highest BCUT2D eigenvalue weighted by Crippen LogP contribution is 2.35. The van der Waals surface area contributed by atoms with E-state index in [9.17, 15) is 12.8 Å². The highest BCUT2D eigenvalue weighted by Gasteiger charge is 2.21. The van der Waals surface area contributed by atoms with E-state index in [0.717, 1.165) is 21.9 Å². The molecule has 0 unspecified atom stereocenters. The molecule has 0 aliphatic rings. The summed E-state index contributed by atoms with van der Waals surface area (Å²) in [6, 6.07) is 20.0. The molecule has 0 fully saturated rings. The Hall–Kier alpha value is -2.51. The van der Waals surface area contributed by atoms with Crippen LogP contribution in [0.4, 0.5) is 10.1 Å². The van der Waals surface area contributed by atoms with Crippen molar-refractivity contribution in [1.29, 1.82) is 0 Å². The third-order valence-corrected chi connectivity index (χ3v) is 5.99. The lowest BCUT2D eigenvalue weighted by Gasteiger charge is -2.14. The Morgan fingerprint density at radius 3 is 2.38 bits per heavy atom. The average molecular weight is 389 g/mol. The molecule has 3 aromatic carbocycles. The molecule has 0 aromatic heterocycles. The lowest BCUT2D eigenvalue weighted by molar-refractivity contribution is 0.401. The molecular weight excluding hydrogens is 373 g/mol. The summed E-state index contributed by atoms with van der Waals surface area (Å²) in [5, 5.41) is 0. The Kier molecular flexibility index (Phi) is 5.49. The minimum atomic E-state index is -4.02. The van der Waals surface area contributed by atoms with Crippen LogP contribution in [-0.2, 0) is 10.0 Å². The number of hydrogen-bond donors (Lipinski definition) is 1. The van der Waals surface area contributed by atoms with Gasteiger partial charge in [-0.05, 0) is 42.5 Å². The number of methoxy groups -OCH3 is 1. The smallest absolute Gasteiger partial charge is 0.265 e. The molecule has 0 saturated carbocycles. The van der Waals surface area contributed by atoms with Crippen LogP contribution >= 0.6 is 11.8 Å². The molecule has 0 amide bonds. The lowest BCUT2D eigenvalue weighted by Crippen LogP contribution is -2.15. The number of halogens is 1. The molecule has 0 spiro atoms. The highest BCUT2D eigenvalue weighted by atomic mass is 32.2. The van der Waals surface area contributed by atoms with Gasteiger partial charge >= 0.3 is 0 Å². The zero-order chi connectivity index (χ0) is 18.6. The van der Waals surface area contributed by atoms with Gasteiger partial charge in [0.15, 0.2) is 0 Å². The summed E-state index contributed by atoms with van der Waals surface area (Å²) in [6.45, 7) is 0. The quantitative estimate of drug-likeness (QED) is 0.659. The first-order chi connectivity index (χ1) is 12.5. The van der Waals surface area contributed by atoms with Crippen molar-refractivity contribution in [1.82, 2.24) is 0 Å². The summed E-state index contributed by atoms with van der Waals surface area (Å²) in [5.74, 6) is -0.579. The van der Waals surface area contributed by atoms with Crippen molar-refractivity contribution < 1.29 is 17.5 Å². The van der Waals surface area contributed by atoms with E-state index in [4.69, 9.17) is 4.74 Å². The summed E-state index contributed by atoms with van der Waals surface area (Å²) in [4.78, 5) is 1.46. The lowest BCUT2D eigenvalue weighted by atomic mass is 10.3. The monoisotopic (exact) mass is 389 g/mol. The largest absolute Gasteiger partial charge is 0.495 e. The van der Waals surface area contributed by atoms with E-state index >= 15 is 0 Å². The van der Waals surface area contributed by atoms with E-state index in [1.807, 2.05) is 42.5 Å². The van der Waals surface area contributed by atoms with Crippen LogP contribution in [0.2, 0.25) is 0 Å². The van der Waals surface area contributed by atoms with Crippen LogP contribution in [0.25, 0.3) is 0 Å². The molecule has 7 heteroatoms. The van der Waals surface area contributed by atoms with Gasteiger partial charge < -0.3 is 4.74 Å². The van der Waals surface area contributed by atoms with Gasteiger partial charge in [0.05, 0.1) is 12.8 Å². The van der Waals surface area contributed by atoms with Gasteiger partial charge in [0.2, 0.25) is 0 Å². The fourth-order valence-corrected chi connectivity index (χ4v) is 4.56. The van der Waals surface area contributed by atoms with Crippen LogP contribution < -0.4 is 9.46 Å². The number of ether oxygens (including phenoxy) is 1. The molecular formula is C19H16FNO3S2. The number of para-hydroxylation sites is 1. The summed E-state index contributed by atoms with van der Waals surface area (Å²) in [6.07, 6.45) is 0. The Balaban J connectivity index is 1.95. The van der Waals surface area contributed by atoms with Crippen LogP contribution in [0.3, 0.4) is 0 Å². The molecule has 3 aromatic rings. The first-order valence-electron chi connectivity index (χ1n) is 7.68. The molecule has 0 bridgehead atoms. The minimum absolute atomic E-state index is 0.0760. The normalized spacial score (nSPS) is 11.2. The van der Waals surface area contributed by atoms with Crippen molar-refractivity contribution in [2.45, 2.75) is 14.7 Å². The van der Waals surface area contributed by atoms with Gasteiger partial charge in [-0.3, -0.25) is 4.72 Å². The molecule has 3 rings (SSSR count). The summed E-state index contributed by atoms with van der Waals surface area (Å²) in [5.41, 5.74) is 0.410. The Morgan fingerprint density at radius 2 is 1.65 bits per heavy atom. The third-order valence-electron chi connectivity index (χ3n) is 3.52. The zero-order valence-corrected chi connectivity index (χ0v) is 15.5. The van der Waals surface area contributed by atoms with Crippen molar-refractivity contribution in [2.75, 3.05) is 11.8 Å². The van der Waals surface area contributed by atoms with Crippen molar-refractivity contribution in [3.8, 4) is 5.75 Å². The van der Waals surface area contributed by atoms with Crippen LogP contribution in [0.5, 0.6) is 5.75 Å². The average Bonchev–Trinajstić information content (AvgIpc) is 2.64. The van der Waals surface area contributed by atoms with Gasteiger partial charge in [0.1, 0.15) is 16.5 Å². The number of rotatable bonds is 6. The highest BCUT2D eigenvalue weighted by molar-refractivity contribution is 7.99. The van der Waals surface area contributed by atoms with Gasteiger partial charge in [0, 0.05) is 9.79 Å². The predicted octanol–water partition coefficient (Wildman–Crippen LogP) is 4.79. The fourth-order valence-electron chi connectivity index (χ4n) is 2.32. The number of hydrogen-bond acceptors (Lipinski definition) is 4. The Bertz CT molecular complexity index is 1010. The van der Waals surface area contributed by atoms with Crippen LogP contribution in [0.15, 0.2) is 87.5 Å². The van der Waals surface area contributed by atoms with Gasteiger partial charge in [-0.2, -0.15) is 0 Å². The van der Waals surface area contributed by atoms with E-state index in [-0.39, 0.29) is 10.6 Å². The van der Waals surface area contributed by atoms with E-state index in [1.54, 1.807) is 12.1 Å². The molecule has 26 heavy (non-hydrogen) atoms. The first kappa shape index (κ1) is 18.3. The Labute approximate surface area is 156 Å². The molecule has 0 aliphatic heterocycles. The maximum atomic E-state index is 13.6. The second-order valence-electron chi connectivity index (χ2n) is 5.31. The van der Waals surface area contributed by atoms with Crippen molar-refractivity contribution in [3.63, 3.8) is 0 Å². The van der Waals surface area contributed by atoms with Crippen molar-refractivity contribution >= 4 is 27.5 Å². The Morgan fingerprint density at radius 1 is 0.962 bits per heavy atom. The van der Waals surface area contributed by atoms with E-state index in [0.29, 0.717) is 5.69 Å². The molecule has 0 heterocycles. The van der Waals surface area contributed by atoms with Crippen molar-refractivity contribution in [3.05, 3.63) is 78.6 Å². The molecule has 0 aliphatic carbocycles. The summed E-state index contributed by atoms with van der Waals surface area (Å²) in [7, 11) is -2.68. The molecule has 0 radical (unpaired) electrons. The van der Waals surface area contributed by atoms with Gasteiger partial charge in [-0.1, -0.05) is 42.1 Å². The third kappa shape index (κ3) is 4.17. The standard InChI is InChI=1S/C19H16FNO3S2/c1-24-17-12-11-14(20)13-19(17)26(22,23)21-16-9-5-6-10-18(16)25-15-7-3-2-4-8-15/h2-13,21H,1H3. The molecule has 4 nitrogen and oxygen atoms in total. The van der Waals surface area contributed by atoms with E-state index in [2.05, 4.69) is 4.72 Å². The number of nitrogens with one attached hydrogen (secondary N) is 1. The predicted molar refractivity (Wildman–Crippen MR) is 101 cm³/mol. The fraction of sp³-hybridized carbons (Fsp3) is 0.0526. The SMILES string of the molecule is COc1ccc(F)cc1S(=O)(=O)Nc1ccccc1Sc1ccccc1. The maximum absolute atomic E-state index is 13.6. The minimum Gasteiger partial charge on any atom is -0.495 e. The molecule has 0 saturated heterocycles. The van der Waals surface area contributed by atoms with Crippen LogP contribution in [0.1, 0.15) is 0 Å². The second-order valence-corrected chi connectivity index (χ2v) is 8.08. The van der Waals surface area contributed by atoms with Gasteiger partial charge in [0.25, 0.3) is 10.0 Å². The van der Waals surface area contributed by atoms with E-state index < -0.39 is 15.8 Å². The maximum Gasteiger partial charge on any atom is 0.265 e. The molecule has 1 N–H and O–H groups in total. The van der Waals surface area contributed by atoms with Crippen LogP contribution in [-0.4, -0.2) is 15.5 Å². The topological polar surface area (TPSA) is 55.4 Å². The van der Waals surface area contributed by atoms with Gasteiger partial charge in [-0.15, -0.1) is 0 Å². The number of benzene rings is 3. The van der Waals surface area contributed by atoms with Crippen molar-refractivity contribution in [2.24, 2.45) is 0 Å². The first-order valence-corrected chi connectivity index (χ1v) is 9.98. The molecule has 134 valence electrons. The van der Waals surface area contributed by atoms with Crippen LogP contribution in [0, 0.1) is 5.82 Å². The summed E-state index contributed by atoms with van der Waals surface area (Å²) >= 11 is 1.43. The van der Waals surface area contributed by atoms with Gasteiger partial charge in [-0.25, -0.2) is 12.8 Å². The summed E-state index contributed by atoms with van der Waals surface area (Å²) < 4.78 is 46.7. The number of anilines is 1. The zero-order valence-electron chi connectivity index (χ0n) is 13.8. The van der Waals surface area contributed by atoms with E-state index in [1.165, 1.54) is 24.9 Å². The molecule has 0 atom stereocenters.